The van der Waals surface area contributed by atoms with Gasteiger partial charge >= 0.3 is 11.7 Å². The van der Waals surface area contributed by atoms with Crippen molar-refractivity contribution in [2.45, 2.75) is 24.7 Å². The van der Waals surface area contributed by atoms with E-state index in [0.29, 0.717) is 18.6 Å². The number of nitro groups is 1. The zero-order valence-corrected chi connectivity index (χ0v) is 11.9. The molecule has 1 aromatic rings. The van der Waals surface area contributed by atoms with Crippen molar-refractivity contribution in [3.05, 3.63) is 33.6 Å². The number of ether oxygens (including phenoxy) is 1. The molecule has 10 heteroatoms. The molecule has 0 heterocycles. The second-order valence-electron chi connectivity index (χ2n) is 4.10. The van der Waals surface area contributed by atoms with Crippen LogP contribution in [0.15, 0.2) is 17.0 Å². The molecule has 0 saturated heterocycles. The molecular formula is C11H13FN2O6S. The SMILES string of the molecule is CCCCOC(=O)c1cc([N+](=O)[O-])c(F)c(S(N)(=O)=O)c1. The minimum atomic E-state index is -4.56. The minimum Gasteiger partial charge on any atom is -0.462 e. The Bertz CT molecular complexity index is 674. The van der Waals surface area contributed by atoms with E-state index in [2.05, 4.69) is 0 Å². The predicted octanol–water partition coefficient (Wildman–Crippen LogP) is 1.34. The van der Waals surface area contributed by atoms with Gasteiger partial charge < -0.3 is 4.74 Å². The lowest BCUT2D eigenvalue weighted by Crippen LogP contribution is -2.17. The lowest BCUT2D eigenvalue weighted by molar-refractivity contribution is -0.387. The third-order valence-electron chi connectivity index (χ3n) is 2.49. The van der Waals surface area contributed by atoms with Crippen LogP contribution >= 0.6 is 0 Å². The summed E-state index contributed by atoms with van der Waals surface area (Å²) in [5.74, 6) is -2.61. The summed E-state index contributed by atoms with van der Waals surface area (Å²) in [6.45, 7) is 1.92. The molecule has 0 aliphatic heterocycles. The second kappa shape index (κ2) is 6.59. The van der Waals surface area contributed by atoms with Gasteiger partial charge in [0.25, 0.3) is 0 Å². The molecule has 1 aromatic carbocycles. The Hall–Kier alpha value is -2.07. The number of primary sulfonamides is 1. The second-order valence-corrected chi connectivity index (χ2v) is 5.63. The molecule has 2 N–H and O–H groups in total. The van der Waals surface area contributed by atoms with Gasteiger partial charge in [-0.1, -0.05) is 13.3 Å². The monoisotopic (exact) mass is 320 g/mol. The molecule has 0 aliphatic rings. The van der Waals surface area contributed by atoms with Crippen LogP contribution in [0.1, 0.15) is 30.1 Å². The van der Waals surface area contributed by atoms with Gasteiger partial charge in [-0.25, -0.2) is 18.4 Å². The van der Waals surface area contributed by atoms with Gasteiger partial charge in [0.15, 0.2) is 0 Å². The maximum absolute atomic E-state index is 13.7. The van der Waals surface area contributed by atoms with Crippen LogP contribution in [0.25, 0.3) is 0 Å². The molecular weight excluding hydrogens is 307 g/mol. The molecule has 0 bridgehead atoms. The first-order valence-corrected chi connectivity index (χ1v) is 7.41. The van der Waals surface area contributed by atoms with E-state index >= 15 is 0 Å². The number of carbonyl (C=O) groups is 1. The first-order valence-electron chi connectivity index (χ1n) is 5.86. The average molecular weight is 320 g/mol. The summed E-state index contributed by atoms with van der Waals surface area (Å²) in [6, 6.07) is 1.23. The molecule has 0 saturated carbocycles. The zero-order chi connectivity index (χ0) is 16.2. The van der Waals surface area contributed by atoms with Crippen LogP contribution in [0.2, 0.25) is 0 Å². The van der Waals surface area contributed by atoms with Crippen molar-refractivity contribution in [3.63, 3.8) is 0 Å². The number of halogens is 1. The largest absolute Gasteiger partial charge is 0.462 e. The summed E-state index contributed by atoms with van der Waals surface area (Å²) >= 11 is 0. The predicted molar refractivity (Wildman–Crippen MR) is 69.6 cm³/mol. The molecule has 1 rings (SSSR count). The van der Waals surface area contributed by atoms with Crippen LogP contribution < -0.4 is 5.14 Å². The van der Waals surface area contributed by atoms with Crippen molar-refractivity contribution in [3.8, 4) is 0 Å². The summed E-state index contributed by atoms with van der Waals surface area (Å²) in [5, 5.41) is 15.5. The van der Waals surface area contributed by atoms with Gasteiger partial charge in [0, 0.05) is 6.07 Å². The number of sulfonamides is 1. The highest BCUT2D eigenvalue weighted by Crippen LogP contribution is 2.26. The molecule has 0 aromatic heterocycles. The number of hydrogen-bond donors (Lipinski definition) is 1. The fourth-order valence-corrected chi connectivity index (χ4v) is 2.08. The van der Waals surface area contributed by atoms with Crippen LogP contribution in [0.5, 0.6) is 0 Å². The number of rotatable bonds is 6. The summed E-state index contributed by atoms with van der Waals surface area (Å²) < 4.78 is 41.0. The summed E-state index contributed by atoms with van der Waals surface area (Å²) in [4.78, 5) is 20.1. The first kappa shape index (κ1) is 17.0. The fourth-order valence-electron chi connectivity index (χ4n) is 1.43. The Kier molecular flexibility index (Phi) is 5.33. The maximum Gasteiger partial charge on any atom is 0.338 e. The Morgan fingerprint density at radius 2 is 2.10 bits per heavy atom. The highest BCUT2D eigenvalue weighted by atomic mass is 32.2. The van der Waals surface area contributed by atoms with Crippen molar-refractivity contribution < 1.29 is 27.3 Å². The Labute approximate surface area is 119 Å². The molecule has 0 atom stereocenters. The number of nitrogens with zero attached hydrogens (tertiary/aromatic N) is 1. The molecule has 0 aliphatic carbocycles. The minimum absolute atomic E-state index is 0.0607. The Morgan fingerprint density at radius 1 is 1.48 bits per heavy atom. The van der Waals surface area contributed by atoms with Crippen LogP contribution in [0.3, 0.4) is 0 Å². The van der Waals surface area contributed by atoms with Gasteiger partial charge in [-0.2, -0.15) is 4.39 Å². The van der Waals surface area contributed by atoms with Gasteiger partial charge in [-0.3, -0.25) is 10.1 Å². The van der Waals surface area contributed by atoms with Crippen molar-refractivity contribution in [1.29, 1.82) is 0 Å². The van der Waals surface area contributed by atoms with Crippen LogP contribution in [-0.4, -0.2) is 25.9 Å². The van der Waals surface area contributed by atoms with Crippen molar-refractivity contribution in [2.24, 2.45) is 5.14 Å². The molecule has 116 valence electrons. The maximum atomic E-state index is 13.7. The van der Waals surface area contributed by atoms with Gasteiger partial charge in [0.05, 0.1) is 17.1 Å². The van der Waals surface area contributed by atoms with E-state index in [9.17, 15) is 27.7 Å². The third-order valence-corrected chi connectivity index (χ3v) is 3.40. The molecule has 0 spiro atoms. The lowest BCUT2D eigenvalue weighted by atomic mass is 10.2. The standard InChI is InChI=1S/C11H13FN2O6S/c1-2-3-4-20-11(15)7-5-8(14(16)17)10(12)9(6-7)21(13,18)19/h5-6H,2-4H2,1H3,(H2,13,18,19). The van der Waals surface area contributed by atoms with Crippen LogP contribution in [0.4, 0.5) is 10.1 Å². The van der Waals surface area contributed by atoms with Gasteiger partial charge in [0.2, 0.25) is 15.8 Å². The quantitative estimate of drug-likeness (QED) is 0.364. The smallest absolute Gasteiger partial charge is 0.338 e. The van der Waals surface area contributed by atoms with E-state index in [0.717, 1.165) is 6.42 Å². The topological polar surface area (TPSA) is 130 Å². The average Bonchev–Trinajstić information content (AvgIpc) is 2.37. The molecule has 0 fully saturated rings. The number of carbonyl (C=O) groups excluding carboxylic acids is 1. The number of unbranched alkanes of at least 4 members (excludes halogenated alkanes) is 1. The Morgan fingerprint density at radius 3 is 2.57 bits per heavy atom. The third kappa shape index (κ3) is 4.20. The van der Waals surface area contributed by atoms with Gasteiger partial charge in [0.1, 0.15) is 4.90 Å². The van der Waals surface area contributed by atoms with Gasteiger partial charge in [-0.15, -0.1) is 0 Å². The molecule has 0 unspecified atom stereocenters. The molecule has 0 radical (unpaired) electrons. The molecule has 0 amide bonds. The van der Waals surface area contributed by atoms with E-state index in [1.165, 1.54) is 0 Å². The first-order chi connectivity index (χ1) is 9.68. The summed E-state index contributed by atoms with van der Waals surface area (Å²) in [7, 11) is -4.56. The van der Waals surface area contributed by atoms with E-state index in [1.807, 2.05) is 6.92 Å². The highest BCUT2D eigenvalue weighted by molar-refractivity contribution is 7.89. The van der Waals surface area contributed by atoms with E-state index in [4.69, 9.17) is 9.88 Å². The van der Waals surface area contributed by atoms with Crippen LogP contribution in [-0.2, 0) is 14.8 Å². The van der Waals surface area contributed by atoms with Crippen molar-refractivity contribution in [1.82, 2.24) is 0 Å². The molecule has 8 nitrogen and oxygen atoms in total. The van der Waals surface area contributed by atoms with Crippen molar-refractivity contribution in [2.75, 3.05) is 6.61 Å². The molecule has 21 heavy (non-hydrogen) atoms. The highest BCUT2D eigenvalue weighted by Gasteiger charge is 2.27. The van der Waals surface area contributed by atoms with Crippen LogP contribution in [0, 0.1) is 15.9 Å². The number of esters is 1. The Balaban J connectivity index is 3.31. The summed E-state index contributed by atoms with van der Waals surface area (Å²) in [6.07, 6.45) is 1.32. The van der Waals surface area contributed by atoms with Gasteiger partial charge in [-0.05, 0) is 12.5 Å². The normalized spacial score (nSPS) is 11.2. The zero-order valence-electron chi connectivity index (χ0n) is 11.0. The van der Waals surface area contributed by atoms with E-state index < -0.39 is 42.9 Å². The number of benzene rings is 1. The summed E-state index contributed by atoms with van der Waals surface area (Å²) in [5.41, 5.74) is -1.62. The lowest BCUT2D eigenvalue weighted by Gasteiger charge is -2.07. The number of hydrogen-bond acceptors (Lipinski definition) is 6. The van der Waals surface area contributed by atoms with Crippen molar-refractivity contribution >= 4 is 21.7 Å². The van der Waals surface area contributed by atoms with E-state index in [-0.39, 0.29) is 6.61 Å². The van der Waals surface area contributed by atoms with E-state index in [1.54, 1.807) is 0 Å². The fraction of sp³-hybridized carbons (Fsp3) is 0.364. The number of nitrogens with two attached hydrogens (primary N) is 1. The number of nitro benzene ring substituents is 1.